The molecule has 2 heterocycles. The largest absolute Gasteiger partial charge is 0.379 e. The molecule has 4 N–H and O–H groups in total. The first-order chi connectivity index (χ1) is 12.5. The number of nitrogens with zero attached hydrogens (tertiary/aromatic N) is 1. The average molecular weight is 359 g/mol. The van der Waals surface area contributed by atoms with Crippen LogP contribution >= 0.6 is 0 Å². The van der Waals surface area contributed by atoms with Gasteiger partial charge in [0.05, 0.1) is 18.8 Å². The molecule has 1 aliphatic heterocycles. The van der Waals surface area contributed by atoms with E-state index in [1.54, 1.807) is 6.20 Å². The number of carbonyl (C=O) groups is 2. The van der Waals surface area contributed by atoms with Crippen molar-refractivity contribution in [1.82, 2.24) is 26.1 Å². The number of ether oxygens (including phenoxy) is 1. The number of benzene rings is 1. The summed E-state index contributed by atoms with van der Waals surface area (Å²) in [7, 11) is 0. The molecule has 0 aliphatic carbocycles. The Morgan fingerprint density at radius 3 is 2.69 bits per heavy atom. The first kappa shape index (κ1) is 18.2. The Balaban J connectivity index is 1.48. The molecule has 0 unspecified atom stereocenters. The highest BCUT2D eigenvalue weighted by atomic mass is 16.5. The van der Waals surface area contributed by atoms with Crippen molar-refractivity contribution >= 4 is 22.8 Å². The molecular weight excluding hydrogens is 334 g/mol. The van der Waals surface area contributed by atoms with Gasteiger partial charge in [0.1, 0.15) is 0 Å². The van der Waals surface area contributed by atoms with E-state index in [0.717, 1.165) is 24.0 Å². The van der Waals surface area contributed by atoms with Gasteiger partial charge in [-0.2, -0.15) is 0 Å². The Kier molecular flexibility index (Phi) is 5.43. The molecule has 1 aliphatic rings. The lowest BCUT2D eigenvalue weighted by molar-refractivity contribution is -0.00877. The maximum Gasteiger partial charge on any atom is 0.333 e. The zero-order chi connectivity index (χ0) is 18.6. The van der Waals surface area contributed by atoms with Gasteiger partial charge in [0.25, 0.3) is 5.91 Å². The highest BCUT2D eigenvalue weighted by Crippen LogP contribution is 2.17. The summed E-state index contributed by atoms with van der Waals surface area (Å²) < 4.78 is 5.36. The van der Waals surface area contributed by atoms with E-state index in [2.05, 4.69) is 39.9 Å². The van der Waals surface area contributed by atoms with Crippen molar-refractivity contribution in [2.45, 2.75) is 19.4 Å². The second-order valence-corrected chi connectivity index (χ2v) is 6.92. The van der Waals surface area contributed by atoms with E-state index in [1.807, 2.05) is 24.3 Å². The van der Waals surface area contributed by atoms with Crippen LogP contribution in [-0.2, 0) is 4.74 Å². The summed E-state index contributed by atoms with van der Waals surface area (Å²) in [4.78, 5) is 29.6. The van der Waals surface area contributed by atoms with Crippen LogP contribution in [0.5, 0.6) is 0 Å². The SMILES string of the molecule is CC(C)(CNC(=O)NNC(=O)c1c[nH]c2ccccc12)N1CCOCC1. The number of amides is 3. The van der Waals surface area contributed by atoms with Crippen molar-refractivity contribution in [2.24, 2.45) is 0 Å². The minimum absolute atomic E-state index is 0.192. The zero-order valence-corrected chi connectivity index (χ0v) is 15.1. The van der Waals surface area contributed by atoms with Gasteiger partial charge in [-0.25, -0.2) is 10.2 Å². The Labute approximate surface area is 152 Å². The summed E-state index contributed by atoms with van der Waals surface area (Å²) in [5, 5.41) is 3.61. The molecule has 0 radical (unpaired) electrons. The molecule has 3 amide bonds. The van der Waals surface area contributed by atoms with Crippen molar-refractivity contribution in [3.8, 4) is 0 Å². The molecule has 0 saturated carbocycles. The van der Waals surface area contributed by atoms with Crippen molar-refractivity contribution in [2.75, 3.05) is 32.8 Å². The molecule has 1 aromatic heterocycles. The summed E-state index contributed by atoms with van der Waals surface area (Å²) in [6, 6.07) is 7.05. The van der Waals surface area contributed by atoms with E-state index in [4.69, 9.17) is 4.74 Å². The molecule has 8 heteroatoms. The summed E-state index contributed by atoms with van der Waals surface area (Å²) in [6.45, 7) is 7.70. The lowest BCUT2D eigenvalue weighted by atomic mass is 10.0. The van der Waals surface area contributed by atoms with Crippen molar-refractivity contribution in [1.29, 1.82) is 0 Å². The van der Waals surface area contributed by atoms with E-state index in [0.29, 0.717) is 25.3 Å². The predicted molar refractivity (Wildman–Crippen MR) is 98.8 cm³/mol. The molecule has 1 fully saturated rings. The molecule has 26 heavy (non-hydrogen) atoms. The molecule has 0 atom stereocenters. The number of H-pyrrole nitrogens is 1. The number of hydrazine groups is 1. The minimum Gasteiger partial charge on any atom is -0.379 e. The lowest BCUT2D eigenvalue weighted by Gasteiger charge is -2.40. The Hall–Kier alpha value is -2.58. The first-order valence-electron chi connectivity index (χ1n) is 8.70. The van der Waals surface area contributed by atoms with Gasteiger partial charge in [-0.15, -0.1) is 0 Å². The van der Waals surface area contributed by atoms with Crippen LogP contribution in [0.2, 0.25) is 0 Å². The highest BCUT2D eigenvalue weighted by molar-refractivity contribution is 6.07. The van der Waals surface area contributed by atoms with E-state index >= 15 is 0 Å². The smallest absolute Gasteiger partial charge is 0.333 e. The monoisotopic (exact) mass is 359 g/mol. The van der Waals surface area contributed by atoms with Gasteiger partial charge in [-0.1, -0.05) is 18.2 Å². The van der Waals surface area contributed by atoms with Crippen LogP contribution in [0.1, 0.15) is 24.2 Å². The van der Waals surface area contributed by atoms with Gasteiger partial charge in [-0.3, -0.25) is 15.1 Å². The molecule has 2 aromatic rings. The fourth-order valence-corrected chi connectivity index (χ4v) is 3.06. The number of hydrogen-bond acceptors (Lipinski definition) is 4. The zero-order valence-electron chi connectivity index (χ0n) is 15.1. The predicted octanol–water partition coefficient (Wildman–Crippen LogP) is 1.22. The third-order valence-electron chi connectivity index (χ3n) is 4.67. The molecule has 0 spiro atoms. The fraction of sp³-hybridized carbons (Fsp3) is 0.444. The third kappa shape index (κ3) is 4.14. The number of rotatable bonds is 4. The van der Waals surface area contributed by atoms with Crippen LogP contribution in [0, 0.1) is 0 Å². The van der Waals surface area contributed by atoms with Gasteiger partial charge in [0.2, 0.25) is 0 Å². The van der Waals surface area contributed by atoms with E-state index in [-0.39, 0.29) is 11.4 Å². The number of aromatic amines is 1. The van der Waals surface area contributed by atoms with Gasteiger partial charge >= 0.3 is 6.03 Å². The second-order valence-electron chi connectivity index (χ2n) is 6.92. The van der Waals surface area contributed by atoms with Crippen molar-refractivity contribution in [3.63, 3.8) is 0 Å². The van der Waals surface area contributed by atoms with Crippen LogP contribution in [0.25, 0.3) is 10.9 Å². The van der Waals surface area contributed by atoms with E-state index in [9.17, 15) is 9.59 Å². The van der Waals surface area contributed by atoms with E-state index < -0.39 is 6.03 Å². The molecule has 8 nitrogen and oxygen atoms in total. The van der Waals surface area contributed by atoms with Gasteiger partial charge in [0.15, 0.2) is 0 Å². The maximum atomic E-state index is 12.3. The summed E-state index contributed by atoms with van der Waals surface area (Å²) in [5.41, 5.74) is 6.00. The van der Waals surface area contributed by atoms with Crippen LogP contribution in [0.3, 0.4) is 0 Å². The van der Waals surface area contributed by atoms with Gasteiger partial charge in [-0.05, 0) is 19.9 Å². The summed E-state index contributed by atoms with van der Waals surface area (Å²) in [6.07, 6.45) is 1.63. The number of fused-ring (bicyclic) bond motifs is 1. The highest BCUT2D eigenvalue weighted by Gasteiger charge is 2.28. The number of para-hydroxylation sites is 1. The second kappa shape index (κ2) is 7.76. The molecular formula is C18H25N5O3. The standard InChI is InChI=1S/C18H25N5O3/c1-18(2,23-7-9-26-10-8-23)12-20-17(25)22-21-16(24)14-11-19-15-6-4-3-5-13(14)15/h3-6,11,19H,7-10,12H2,1-2H3,(H,21,24)(H2,20,22,25). The maximum absolute atomic E-state index is 12.3. The number of urea groups is 1. The lowest BCUT2D eigenvalue weighted by Crippen LogP contribution is -2.57. The number of morpholine rings is 1. The minimum atomic E-state index is -0.445. The van der Waals surface area contributed by atoms with E-state index in [1.165, 1.54) is 0 Å². The summed E-state index contributed by atoms with van der Waals surface area (Å²) in [5.74, 6) is -0.370. The fourth-order valence-electron chi connectivity index (χ4n) is 3.06. The molecule has 1 saturated heterocycles. The molecule has 3 rings (SSSR count). The number of carbonyl (C=O) groups excluding carboxylic acids is 2. The first-order valence-corrected chi connectivity index (χ1v) is 8.70. The van der Waals surface area contributed by atoms with Gasteiger partial charge in [0, 0.05) is 42.3 Å². The Morgan fingerprint density at radius 1 is 1.19 bits per heavy atom. The topological polar surface area (TPSA) is 98.5 Å². The average Bonchev–Trinajstić information content (AvgIpc) is 3.09. The number of aromatic nitrogens is 1. The van der Waals surface area contributed by atoms with Crippen LogP contribution < -0.4 is 16.2 Å². The van der Waals surface area contributed by atoms with Crippen molar-refractivity contribution < 1.29 is 14.3 Å². The normalized spacial score (nSPS) is 15.6. The summed E-state index contributed by atoms with van der Waals surface area (Å²) >= 11 is 0. The third-order valence-corrected chi connectivity index (χ3v) is 4.67. The molecule has 1 aromatic carbocycles. The van der Waals surface area contributed by atoms with Crippen LogP contribution in [0.15, 0.2) is 30.5 Å². The van der Waals surface area contributed by atoms with Crippen LogP contribution in [0.4, 0.5) is 4.79 Å². The molecule has 0 bridgehead atoms. The van der Waals surface area contributed by atoms with Crippen LogP contribution in [-0.4, -0.2) is 60.2 Å². The Morgan fingerprint density at radius 2 is 1.92 bits per heavy atom. The Bertz CT molecular complexity index is 780. The van der Waals surface area contributed by atoms with Crippen molar-refractivity contribution in [3.05, 3.63) is 36.0 Å². The van der Waals surface area contributed by atoms with Gasteiger partial charge < -0.3 is 15.0 Å². The quantitative estimate of drug-likeness (QED) is 0.617. The number of nitrogens with one attached hydrogen (secondary N) is 4. The number of hydrogen-bond donors (Lipinski definition) is 4. The molecule has 140 valence electrons.